The second-order valence-electron chi connectivity index (χ2n) is 6.17. The fourth-order valence-electron chi connectivity index (χ4n) is 2.77. The van der Waals surface area contributed by atoms with E-state index < -0.39 is 0 Å². The number of hydrogen-bond donors (Lipinski definition) is 2. The van der Waals surface area contributed by atoms with Crippen molar-refractivity contribution in [3.8, 4) is 12.1 Å². The molecule has 2 N–H and O–H groups in total. The molecule has 1 heterocycles. The Hall–Kier alpha value is -2.70. The van der Waals surface area contributed by atoms with E-state index in [0.29, 0.717) is 15.4 Å². The van der Waals surface area contributed by atoms with Gasteiger partial charge in [-0.3, -0.25) is 10.9 Å². The van der Waals surface area contributed by atoms with Crippen molar-refractivity contribution in [2.45, 2.75) is 40.5 Å². The Morgan fingerprint density at radius 3 is 2.46 bits per heavy atom. The van der Waals surface area contributed by atoms with Crippen molar-refractivity contribution in [3.05, 3.63) is 39.8 Å². The summed E-state index contributed by atoms with van der Waals surface area (Å²) >= 11 is 1.29. The molecule has 0 atom stereocenters. The molecular weight excluding hydrogens is 342 g/mol. The van der Waals surface area contributed by atoms with Crippen LogP contribution in [0.3, 0.4) is 0 Å². The van der Waals surface area contributed by atoms with E-state index in [2.05, 4.69) is 60.8 Å². The topological polar surface area (TPSA) is 74.9 Å². The molecule has 5 nitrogen and oxygen atoms in total. The minimum Gasteiger partial charge on any atom is -0.372 e. The molecule has 2 aromatic rings. The standard InChI is InChI=1S/C20H25N5S/c1-5-7-10-25(6-2)16-8-9-18(14(3)11-16)23-24-20-17(12-21)15(4)19(13-22)26-20/h8-9,11,23-24H,5-7,10H2,1-4H3. The van der Waals surface area contributed by atoms with Crippen LogP contribution in [0.5, 0.6) is 0 Å². The molecular formula is C20H25N5S. The predicted octanol–water partition coefficient (Wildman–Crippen LogP) is 5.17. The predicted molar refractivity (Wildman–Crippen MR) is 110 cm³/mol. The van der Waals surface area contributed by atoms with E-state index in [0.717, 1.165) is 29.9 Å². The lowest BCUT2D eigenvalue weighted by atomic mass is 10.1. The summed E-state index contributed by atoms with van der Waals surface area (Å²) in [6.45, 7) is 10.3. The third-order valence-corrected chi connectivity index (χ3v) is 5.52. The van der Waals surface area contributed by atoms with Crippen LogP contribution in [-0.4, -0.2) is 13.1 Å². The van der Waals surface area contributed by atoms with E-state index >= 15 is 0 Å². The van der Waals surface area contributed by atoms with Crippen LogP contribution in [0, 0.1) is 36.5 Å². The highest BCUT2D eigenvalue weighted by Crippen LogP contribution is 2.32. The Balaban J connectivity index is 2.14. The van der Waals surface area contributed by atoms with Gasteiger partial charge in [-0.25, -0.2) is 0 Å². The van der Waals surface area contributed by atoms with E-state index in [9.17, 15) is 5.26 Å². The summed E-state index contributed by atoms with van der Waals surface area (Å²) in [4.78, 5) is 2.94. The summed E-state index contributed by atoms with van der Waals surface area (Å²) in [7, 11) is 0. The lowest BCUT2D eigenvalue weighted by Gasteiger charge is -2.24. The van der Waals surface area contributed by atoms with Crippen LogP contribution in [0.4, 0.5) is 16.4 Å². The number of unbranched alkanes of at least 4 members (excludes halogenated alkanes) is 1. The fraction of sp³-hybridized carbons (Fsp3) is 0.400. The van der Waals surface area contributed by atoms with E-state index in [-0.39, 0.29) is 0 Å². The molecule has 1 aromatic carbocycles. The maximum Gasteiger partial charge on any atom is 0.127 e. The molecule has 0 aliphatic rings. The van der Waals surface area contributed by atoms with Crippen LogP contribution in [0.2, 0.25) is 0 Å². The molecule has 0 amide bonds. The zero-order valence-corrected chi connectivity index (χ0v) is 16.6. The first-order valence-electron chi connectivity index (χ1n) is 8.86. The monoisotopic (exact) mass is 367 g/mol. The largest absolute Gasteiger partial charge is 0.372 e. The summed E-state index contributed by atoms with van der Waals surface area (Å²) in [6.07, 6.45) is 2.37. The van der Waals surface area contributed by atoms with Crippen molar-refractivity contribution in [2.24, 2.45) is 0 Å². The second kappa shape index (κ2) is 9.12. The maximum absolute atomic E-state index is 9.33. The number of rotatable bonds is 8. The Labute approximate surface area is 159 Å². The van der Waals surface area contributed by atoms with Gasteiger partial charge in [0.25, 0.3) is 0 Å². The highest BCUT2D eigenvalue weighted by atomic mass is 32.1. The van der Waals surface area contributed by atoms with Crippen LogP contribution >= 0.6 is 11.3 Å². The average Bonchev–Trinajstić information content (AvgIpc) is 2.96. The quantitative estimate of drug-likeness (QED) is 0.629. The summed E-state index contributed by atoms with van der Waals surface area (Å²) < 4.78 is 0. The number of nitrogens with zero attached hydrogens (tertiary/aromatic N) is 3. The lowest BCUT2D eigenvalue weighted by Crippen LogP contribution is -2.24. The van der Waals surface area contributed by atoms with E-state index in [1.54, 1.807) is 6.92 Å². The van der Waals surface area contributed by atoms with Gasteiger partial charge < -0.3 is 4.90 Å². The van der Waals surface area contributed by atoms with Crippen molar-refractivity contribution in [2.75, 3.05) is 28.8 Å². The van der Waals surface area contributed by atoms with Gasteiger partial charge in [-0.1, -0.05) is 13.3 Å². The number of aryl methyl sites for hydroxylation is 1. The van der Waals surface area contributed by atoms with Gasteiger partial charge in [-0.05, 0) is 56.5 Å². The Morgan fingerprint density at radius 2 is 1.88 bits per heavy atom. The summed E-state index contributed by atoms with van der Waals surface area (Å²) in [5.74, 6) is 0. The third-order valence-electron chi connectivity index (χ3n) is 4.41. The summed E-state index contributed by atoms with van der Waals surface area (Å²) in [6, 6.07) is 10.6. The molecule has 2 rings (SSSR count). The zero-order valence-electron chi connectivity index (χ0n) is 15.8. The van der Waals surface area contributed by atoms with Gasteiger partial charge in [0.15, 0.2) is 0 Å². The SMILES string of the molecule is CCCCN(CC)c1ccc(NNc2sc(C#N)c(C)c2C#N)c(C)c1. The molecule has 1 aromatic heterocycles. The van der Waals surface area contributed by atoms with Crippen molar-refractivity contribution < 1.29 is 0 Å². The molecule has 6 heteroatoms. The normalized spacial score (nSPS) is 10.1. The van der Waals surface area contributed by atoms with Gasteiger partial charge in [0.1, 0.15) is 22.0 Å². The number of nitriles is 2. The molecule has 0 saturated carbocycles. The second-order valence-corrected chi connectivity index (χ2v) is 7.19. The van der Waals surface area contributed by atoms with Gasteiger partial charge in [-0.15, -0.1) is 11.3 Å². The average molecular weight is 368 g/mol. The summed E-state index contributed by atoms with van der Waals surface area (Å²) in [5, 5.41) is 19.1. The van der Waals surface area contributed by atoms with Gasteiger partial charge in [0, 0.05) is 18.8 Å². The molecule has 0 fully saturated rings. The Morgan fingerprint density at radius 1 is 1.12 bits per heavy atom. The minimum atomic E-state index is 0.519. The number of benzene rings is 1. The van der Waals surface area contributed by atoms with Crippen molar-refractivity contribution in [1.82, 2.24) is 0 Å². The van der Waals surface area contributed by atoms with Gasteiger partial charge in [0.05, 0.1) is 11.3 Å². The first-order valence-corrected chi connectivity index (χ1v) is 9.68. The Bertz CT molecular complexity index is 841. The van der Waals surface area contributed by atoms with E-state index in [1.807, 2.05) is 6.07 Å². The summed E-state index contributed by atoms with van der Waals surface area (Å²) in [5.41, 5.74) is 10.8. The van der Waals surface area contributed by atoms with Crippen molar-refractivity contribution >= 4 is 27.7 Å². The zero-order chi connectivity index (χ0) is 19.1. The van der Waals surface area contributed by atoms with E-state index in [1.165, 1.54) is 29.9 Å². The third kappa shape index (κ3) is 4.28. The minimum absolute atomic E-state index is 0.519. The molecule has 0 saturated heterocycles. The van der Waals surface area contributed by atoms with Gasteiger partial charge in [0.2, 0.25) is 0 Å². The smallest absolute Gasteiger partial charge is 0.127 e. The molecule has 0 spiro atoms. The molecule has 136 valence electrons. The first kappa shape index (κ1) is 19.6. The number of hydrogen-bond acceptors (Lipinski definition) is 6. The molecule has 0 bridgehead atoms. The Kier molecular flexibility index (Phi) is 6.89. The highest BCUT2D eigenvalue weighted by molar-refractivity contribution is 7.17. The van der Waals surface area contributed by atoms with Gasteiger partial charge in [-0.2, -0.15) is 10.5 Å². The van der Waals surface area contributed by atoms with Crippen LogP contribution < -0.4 is 15.8 Å². The lowest BCUT2D eigenvalue weighted by molar-refractivity contribution is 0.732. The molecule has 0 aliphatic carbocycles. The van der Waals surface area contributed by atoms with Gasteiger partial charge >= 0.3 is 0 Å². The van der Waals surface area contributed by atoms with Crippen LogP contribution in [-0.2, 0) is 0 Å². The first-order chi connectivity index (χ1) is 12.5. The highest BCUT2D eigenvalue weighted by Gasteiger charge is 2.14. The molecule has 0 unspecified atom stereocenters. The molecule has 0 radical (unpaired) electrons. The van der Waals surface area contributed by atoms with Crippen molar-refractivity contribution in [3.63, 3.8) is 0 Å². The van der Waals surface area contributed by atoms with Crippen molar-refractivity contribution in [1.29, 1.82) is 10.5 Å². The van der Waals surface area contributed by atoms with Crippen LogP contribution in [0.1, 0.15) is 48.3 Å². The molecule has 26 heavy (non-hydrogen) atoms. The fourth-order valence-corrected chi connectivity index (χ4v) is 3.68. The number of hydrazine groups is 1. The maximum atomic E-state index is 9.33. The molecule has 0 aliphatic heterocycles. The number of anilines is 3. The van der Waals surface area contributed by atoms with E-state index in [4.69, 9.17) is 5.26 Å². The van der Waals surface area contributed by atoms with Crippen LogP contribution in [0.15, 0.2) is 18.2 Å². The number of thiophene rings is 1. The van der Waals surface area contributed by atoms with Crippen LogP contribution in [0.25, 0.3) is 0 Å². The number of nitrogens with one attached hydrogen (secondary N) is 2.